The number of para-hydroxylation sites is 1. The van der Waals surface area contributed by atoms with Gasteiger partial charge in [-0.15, -0.1) is 0 Å². The van der Waals surface area contributed by atoms with Crippen LogP contribution in [0.1, 0.15) is 23.1 Å². The molecule has 31 heavy (non-hydrogen) atoms. The van der Waals surface area contributed by atoms with E-state index in [9.17, 15) is 14.0 Å². The monoisotopic (exact) mass is 425 g/mol. The van der Waals surface area contributed by atoms with Gasteiger partial charge in [0.05, 0.1) is 38.4 Å². The predicted molar refractivity (Wildman–Crippen MR) is 122 cm³/mol. The third-order valence-corrected chi connectivity index (χ3v) is 5.39. The molecule has 0 bridgehead atoms. The Hall–Kier alpha value is -3.19. The molecular formula is C24H30FN4O2+. The zero-order valence-electron chi connectivity index (χ0n) is 18.5. The molecule has 3 N–H and O–H groups in total. The summed E-state index contributed by atoms with van der Waals surface area (Å²) in [5.41, 5.74) is 3.26. The number of nitrogens with zero attached hydrogens (tertiary/aromatic N) is 1. The Morgan fingerprint density at radius 1 is 1.13 bits per heavy atom. The number of hydrogen-bond donors (Lipinski definition) is 3. The Kier molecular flexibility index (Phi) is 7.07. The van der Waals surface area contributed by atoms with Gasteiger partial charge in [-0.05, 0) is 43.2 Å². The van der Waals surface area contributed by atoms with Gasteiger partial charge in [-0.2, -0.15) is 0 Å². The fourth-order valence-corrected chi connectivity index (χ4v) is 3.57. The fraction of sp³-hybridized carbons (Fsp3) is 0.333. The van der Waals surface area contributed by atoms with Gasteiger partial charge in [0.15, 0.2) is 0 Å². The minimum Gasteiger partial charge on any atom is -0.340 e. The Morgan fingerprint density at radius 3 is 2.55 bits per heavy atom. The summed E-state index contributed by atoms with van der Waals surface area (Å²) in [5.74, 6) is -0.497. The number of carbonyl (C=O) groups is 1. The van der Waals surface area contributed by atoms with Crippen LogP contribution in [0.5, 0.6) is 0 Å². The van der Waals surface area contributed by atoms with E-state index in [1.54, 1.807) is 17.0 Å². The van der Waals surface area contributed by atoms with Gasteiger partial charge in [0, 0.05) is 23.9 Å². The number of rotatable bonds is 7. The quantitative estimate of drug-likeness (QED) is 0.545. The molecule has 0 aliphatic heterocycles. The molecule has 0 radical (unpaired) electrons. The summed E-state index contributed by atoms with van der Waals surface area (Å²) in [6, 6.07) is 11.5. The molecule has 164 valence electrons. The van der Waals surface area contributed by atoms with Gasteiger partial charge in [0.2, 0.25) is 0 Å². The zero-order chi connectivity index (χ0) is 22.5. The molecule has 0 aliphatic rings. The summed E-state index contributed by atoms with van der Waals surface area (Å²) < 4.78 is 14.0. The van der Waals surface area contributed by atoms with Crippen LogP contribution in [-0.2, 0) is 6.54 Å². The summed E-state index contributed by atoms with van der Waals surface area (Å²) in [5, 5.41) is 3.60. The normalized spacial score (nSPS) is 11.2. The Labute approximate surface area is 181 Å². The number of amides is 2. The number of aromatic nitrogens is 1. The molecule has 1 aromatic heterocycles. The van der Waals surface area contributed by atoms with Crippen molar-refractivity contribution in [2.75, 3.05) is 32.5 Å². The number of carbonyl (C=O) groups excluding carboxylic acids is 1. The molecule has 0 fully saturated rings. The van der Waals surface area contributed by atoms with Crippen molar-refractivity contribution < 1.29 is 14.1 Å². The number of anilines is 1. The standard InChI is InChI=1S/C24H29FN4O2/c1-16-10-11-17(2)22-19(16)14-18(23(30)27-22)15-29(13-7-12-28(3)4)24(31)26-21-9-6-5-8-20(21)25/h5-6,8-11,14H,7,12-13,15H2,1-4H3,(H,26,31)(H,27,30)/p+1. The highest BCUT2D eigenvalue weighted by molar-refractivity contribution is 5.89. The highest BCUT2D eigenvalue weighted by Crippen LogP contribution is 2.20. The van der Waals surface area contributed by atoms with Crippen LogP contribution in [-0.4, -0.2) is 43.1 Å². The lowest BCUT2D eigenvalue weighted by Gasteiger charge is -2.23. The van der Waals surface area contributed by atoms with Crippen molar-refractivity contribution in [3.05, 3.63) is 75.3 Å². The first-order valence-corrected chi connectivity index (χ1v) is 10.5. The van der Waals surface area contributed by atoms with Crippen LogP contribution >= 0.6 is 0 Å². The second kappa shape index (κ2) is 9.75. The minimum absolute atomic E-state index is 0.120. The van der Waals surface area contributed by atoms with E-state index in [0.29, 0.717) is 12.1 Å². The Bertz CT molecular complexity index is 1140. The SMILES string of the molecule is Cc1ccc(C)c2[nH]c(=O)c(CN(CCC[NH+](C)C)C(=O)Nc3ccccc3F)cc12. The molecule has 1 heterocycles. The van der Waals surface area contributed by atoms with E-state index in [1.165, 1.54) is 17.0 Å². The maximum absolute atomic E-state index is 14.0. The number of pyridine rings is 1. The van der Waals surface area contributed by atoms with Gasteiger partial charge in [-0.25, -0.2) is 9.18 Å². The zero-order valence-corrected chi connectivity index (χ0v) is 18.5. The van der Waals surface area contributed by atoms with Crippen LogP contribution in [0.4, 0.5) is 14.9 Å². The number of aromatic amines is 1. The molecule has 3 aromatic rings. The van der Waals surface area contributed by atoms with Crippen LogP contribution in [0.3, 0.4) is 0 Å². The molecule has 0 saturated carbocycles. The third kappa shape index (κ3) is 5.49. The Balaban J connectivity index is 1.89. The summed E-state index contributed by atoms with van der Waals surface area (Å²) in [6.45, 7) is 5.41. The van der Waals surface area contributed by atoms with Crippen LogP contribution in [0, 0.1) is 19.7 Å². The van der Waals surface area contributed by atoms with E-state index >= 15 is 0 Å². The number of fused-ring (bicyclic) bond motifs is 1. The van der Waals surface area contributed by atoms with E-state index in [1.807, 2.05) is 46.1 Å². The number of halogens is 1. The number of aryl methyl sites for hydroxylation is 2. The maximum atomic E-state index is 14.0. The van der Waals surface area contributed by atoms with Crippen molar-refractivity contribution in [3.63, 3.8) is 0 Å². The number of nitrogens with one attached hydrogen (secondary N) is 3. The number of H-pyrrole nitrogens is 1. The van der Waals surface area contributed by atoms with E-state index in [2.05, 4.69) is 10.3 Å². The number of quaternary nitrogens is 1. The van der Waals surface area contributed by atoms with Gasteiger partial charge in [-0.3, -0.25) is 4.79 Å². The van der Waals surface area contributed by atoms with Crippen LogP contribution in [0.2, 0.25) is 0 Å². The van der Waals surface area contributed by atoms with Gasteiger partial charge in [-0.1, -0.05) is 24.3 Å². The molecule has 2 aromatic carbocycles. The number of hydrogen-bond acceptors (Lipinski definition) is 2. The average Bonchev–Trinajstić information content (AvgIpc) is 2.72. The molecule has 2 amide bonds. The number of benzene rings is 2. The first-order chi connectivity index (χ1) is 14.8. The topological polar surface area (TPSA) is 69.6 Å². The minimum atomic E-state index is -0.497. The van der Waals surface area contributed by atoms with Gasteiger partial charge < -0.3 is 20.1 Å². The second-order valence-electron chi connectivity index (χ2n) is 8.25. The maximum Gasteiger partial charge on any atom is 0.322 e. The van der Waals surface area contributed by atoms with Gasteiger partial charge in [0.1, 0.15) is 5.82 Å². The summed E-state index contributed by atoms with van der Waals surface area (Å²) in [7, 11) is 4.09. The lowest BCUT2D eigenvalue weighted by molar-refractivity contribution is -0.858. The predicted octanol–water partition coefficient (Wildman–Crippen LogP) is 2.85. The fourth-order valence-electron chi connectivity index (χ4n) is 3.57. The average molecular weight is 426 g/mol. The highest BCUT2D eigenvalue weighted by Gasteiger charge is 2.18. The smallest absolute Gasteiger partial charge is 0.322 e. The molecular weight excluding hydrogens is 395 g/mol. The summed E-state index contributed by atoms with van der Waals surface area (Å²) in [4.78, 5) is 31.5. The van der Waals surface area contributed by atoms with Crippen molar-refractivity contribution in [2.45, 2.75) is 26.8 Å². The van der Waals surface area contributed by atoms with Crippen LogP contribution in [0.15, 0.2) is 47.3 Å². The second-order valence-corrected chi connectivity index (χ2v) is 8.25. The Morgan fingerprint density at radius 2 is 1.84 bits per heavy atom. The van der Waals surface area contributed by atoms with E-state index in [-0.39, 0.29) is 17.8 Å². The van der Waals surface area contributed by atoms with Crippen molar-refractivity contribution in [1.29, 1.82) is 0 Å². The molecule has 0 aliphatic carbocycles. The summed E-state index contributed by atoms with van der Waals surface area (Å²) >= 11 is 0. The van der Waals surface area contributed by atoms with Crippen molar-refractivity contribution in [1.82, 2.24) is 9.88 Å². The van der Waals surface area contributed by atoms with E-state index < -0.39 is 11.8 Å². The molecule has 0 saturated heterocycles. The van der Waals surface area contributed by atoms with Gasteiger partial charge in [0.25, 0.3) is 5.56 Å². The molecule has 0 spiro atoms. The molecule has 3 rings (SSSR count). The lowest BCUT2D eigenvalue weighted by Crippen LogP contribution is -3.05. The summed E-state index contributed by atoms with van der Waals surface area (Å²) in [6.07, 6.45) is 0.761. The first-order valence-electron chi connectivity index (χ1n) is 10.5. The number of urea groups is 1. The molecule has 6 nitrogen and oxygen atoms in total. The van der Waals surface area contributed by atoms with Crippen LogP contribution < -0.4 is 15.8 Å². The van der Waals surface area contributed by atoms with Crippen LogP contribution in [0.25, 0.3) is 10.9 Å². The van der Waals surface area contributed by atoms with Gasteiger partial charge >= 0.3 is 6.03 Å². The molecule has 0 atom stereocenters. The lowest BCUT2D eigenvalue weighted by atomic mass is 10.0. The molecule has 0 unspecified atom stereocenters. The van der Waals surface area contributed by atoms with Crippen molar-refractivity contribution in [3.8, 4) is 0 Å². The highest BCUT2D eigenvalue weighted by atomic mass is 19.1. The van der Waals surface area contributed by atoms with Crippen molar-refractivity contribution >= 4 is 22.6 Å². The first kappa shape index (κ1) is 22.5. The van der Waals surface area contributed by atoms with E-state index in [0.717, 1.165) is 35.0 Å². The third-order valence-electron chi connectivity index (χ3n) is 5.39. The largest absolute Gasteiger partial charge is 0.340 e. The molecule has 7 heteroatoms. The van der Waals surface area contributed by atoms with Crippen molar-refractivity contribution in [2.24, 2.45) is 0 Å². The van der Waals surface area contributed by atoms with E-state index in [4.69, 9.17) is 0 Å².